The van der Waals surface area contributed by atoms with Crippen LogP contribution in [0.5, 0.6) is 5.75 Å². The summed E-state index contributed by atoms with van der Waals surface area (Å²) in [5.41, 5.74) is 6.92. The van der Waals surface area contributed by atoms with E-state index in [0.29, 0.717) is 22.9 Å². The van der Waals surface area contributed by atoms with E-state index < -0.39 is 0 Å². The van der Waals surface area contributed by atoms with Crippen molar-refractivity contribution in [3.05, 3.63) is 57.3 Å². The highest BCUT2D eigenvalue weighted by Crippen LogP contribution is 2.26. The maximum atomic E-state index is 8.60. The summed E-state index contributed by atoms with van der Waals surface area (Å²) in [6.45, 7) is 0.342. The van der Waals surface area contributed by atoms with Crippen LogP contribution in [0, 0.1) is 0 Å². The van der Waals surface area contributed by atoms with E-state index in [4.69, 9.17) is 27.3 Å². The van der Waals surface area contributed by atoms with Crippen molar-refractivity contribution < 1.29 is 9.94 Å². The first-order valence-corrected chi connectivity index (χ1v) is 6.77. The van der Waals surface area contributed by atoms with Gasteiger partial charge in [0.25, 0.3) is 0 Å². The molecule has 0 aliphatic carbocycles. The van der Waals surface area contributed by atoms with Crippen LogP contribution in [-0.2, 0) is 6.61 Å². The van der Waals surface area contributed by atoms with E-state index in [0.717, 1.165) is 10.0 Å². The third-order valence-corrected chi connectivity index (χ3v) is 3.22. The molecule has 5 nitrogen and oxygen atoms in total. The van der Waals surface area contributed by atoms with E-state index in [1.165, 1.54) is 0 Å². The average Bonchev–Trinajstić information content (AvgIpc) is 2.45. The summed E-state index contributed by atoms with van der Waals surface area (Å²) in [4.78, 5) is 4.05. The van der Waals surface area contributed by atoms with Gasteiger partial charge in [-0.25, -0.2) is 0 Å². The minimum Gasteiger partial charge on any atom is -0.487 e. The third-order valence-electron chi connectivity index (χ3n) is 2.49. The maximum absolute atomic E-state index is 8.60. The van der Waals surface area contributed by atoms with E-state index >= 15 is 0 Å². The van der Waals surface area contributed by atoms with E-state index in [1.807, 2.05) is 6.07 Å². The largest absolute Gasteiger partial charge is 0.487 e. The van der Waals surface area contributed by atoms with Crippen LogP contribution in [-0.4, -0.2) is 16.0 Å². The van der Waals surface area contributed by atoms with Crippen LogP contribution < -0.4 is 10.5 Å². The van der Waals surface area contributed by atoms with Gasteiger partial charge in [-0.1, -0.05) is 16.8 Å². The molecule has 104 valence electrons. The third kappa shape index (κ3) is 3.61. The fourth-order valence-corrected chi connectivity index (χ4v) is 2.18. The predicted octanol–water partition coefficient (Wildman–Crippen LogP) is 3.17. The topological polar surface area (TPSA) is 80.7 Å². The zero-order valence-electron chi connectivity index (χ0n) is 10.3. The minimum absolute atomic E-state index is 0.00496. The van der Waals surface area contributed by atoms with Gasteiger partial charge >= 0.3 is 0 Å². The second-order valence-corrected chi connectivity index (χ2v) is 5.25. The Morgan fingerprint density at radius 3 is 2.85 bits per heavy atom. The minimum atomic E-state index is -0.00496. The summed E-state index contributed by atoms with van der Waals surface area (Å²) < 4.78 is 6.49. The van der Waals surface area contributed by atoms with Crippen LogP contribution >= 0.6 is 27.5 Å². The molecule has 0 spiro atoms. The van der Waals surface area contributed by atoms with Crippen LogP contribution in [0.4, 0.5) is 0 Å². The van der Waals surface area contributed by atoms with Crippen molar-refractivity contribution >= 4 is 33.4 Å². The highest BCUT2D eigenvalue weighted by atomic mass is 79.9. The molecule has 0 saturated carbocycles. The molecule has 7 heteroatoms. The van der Waals surface area contributed by atoms with Gasteiger partial charge in [0.15, 0.2) is 5.84 Å². The maximum Gasteiger partial charge on any atom is 0.170 e. The van der Waals surface area contributed by atoms with Crippen molar-refractivity contribution in [2.45, 2.75) is 6.61 Å². The number of hydrogen-bond acceptors (Lipinski definition) is 4. The summed E-state index contributed by atoms with van der Waals surface area (Å²) in [5.74, 6) is 0.510. The van der Waals surface area contributed by atoms with Crippen molar-refractivity contribution in [1.82, 2.24) is 4.98 Å². The van der Waals surface area contributed by atoms with Gasteiger partial charge < -0.3 is 15.7 Å². The molecule has 1 heterocycles. The van der Waals surface area contributed by atoms with Crippen LogP contribution in [0.15, 0.2) is 46.3 Å². The van der Waals surface area contributed by atoms with Gasteiger partial charge in [-0.15, -0.1) is 0 Å². The number of pyridine rings is 1. The number of benzene rings is 1. The summed E-state index contributed by atoms with van der Waals surface area (Å²) in [6.07, 6.45) is 3.41. The predicted molar refractivity (Wildman–Crippen MR) is 80.2 cm³/mol. The first-order chi connectivity index (χ1) is 9.60. The highest BCUT2D eigenvalue weighted by Gasteiger charge is 2.06. The fourth-order valence-electron chi connectivity index (χ4n) is 1.53. The molecule has 0 aliphatic heterocycles. The number of nitrogens with two attached hydrogens (primary N) is 1. The summed E-state index contributed by atoms with van der Waals surface area (Å²) in [5, 5.41) is 11.9. The number of halogens is 2. The number of aromatic nitrogens is 1. The Hall–Kier alpha value is -1.79. The van der Waals surface area contributed by atoms with Crippen molar-refractivity contribution in [2.24, 2.45) is 10.9 Å². The summed E-state index contributed by atoms with van der Waals surface area (Å²) in [7, 11) is 0. The molecule has 2 aromatic rings. The highest BCUT2D eigenvalue weighted by molar-refractivity contribution is 9.10. The Kier molecular flexibility index (Phi) is 4.81. The normalized spacial score (nSPS) is 11.4. The number of oxime groups is 1. The molecular weight excluding hydrogens is 346 g/mol. The number of rotatable bonds is 4. The smallest absolute Gasteiger partial charge is 0.170 e. The Labute approximate surface area is 129 Å². The molecular formula is C13H11BrClN3O2. The van der Waals surface area contributed by atoms with Crippen LogP contribution in [0.3, 0.4) is 0 Å². The fraction of sp³-hybridized carbons (Fsp3) is 0.0769. The molecule has 2 rings (SSSR count). The van der Waals surface area contributed by atoms with Gasteiger partial charge in [-0.05, 0) is 40.2 Å². The van der Waals surface area contributed by atoms with Gasteiger partial charge in [0, 0.05) is 28.0 Å². The van der Waals surface area contributed by atoms with E-state index in [9.17, 15) is 0 Å². The molecule has 20 heavy (non-hydrogen) atoms. The number of ether oxygens (including phenoxy) is 1. The lowest BCUT2D eigenvalue weighted by molar-refractivity contribution is 0.306. The van der Waals surface area contributed by atoms with E-state index in [1.54, 1.807) is 30.6 Å². The molecule has 0 amide bonds. The molecule has 1 aromatic heterocycles. The number of amidine groups is 1. The van der Waals surface area contributed by atoms with Crippen molar-refractivity contribution in [3.63, 3.8) is 0 Å². The molecule has 0 saturated heterocycles. The molecule has 0 unspecified atom stereocenters. The van der Waals surface area contributed by atoms with Gasteiger partial charge in [0.1, 0.15) is 12.4 Å². The van der Waals surface area contributed by atoms with E-state index in [2.05, 4.69) is 26.1 Å². The first-order valence-electron chi connectivity index (χ1n) is 5.60. The first kappa shape index (κ1) is 14.6. The number of nitrogens with zero attached hydrogens (tertiary/aromatic N) is 2. The zero-order valence-corrected chi connectivity index (χ0v) is 12.6. The van der Waals surface area contributed by atoms with Crippen molar-refractivity contribution in [3.8, 4) is 5.75 Å². The van der Waals surface area contributed by atoms with Crippen LogP contribution in [0.25, 0.3) is 0 Å². The molecule has 0 aliphatic rings. The Morgan fingerprint density at radius 1 is 1.40 bits per heavy atom. The van der Waals surface area contributed by atoms with E-state index in [-0.39, 0.29) is 5.84 Å². The van der Waals surface area contributed by atoms with Crippen molar-refractivity contribution in [1.29, 1.82) is 0 Å². The Bertz CT molecular complexity index is 649. The van der Waals surface area contributed by atoms with Gasteiger partial charge in [-0.2, -0.15) is 0 Å². The average molecular weight is 357 g/mol. The molecule has 3 N–H and O–H groups in total. The molecule has 0 atom stereocenters. The van der Waals surface area contributed by atoms with Crippen LogP contribution in [0.2, 0.25) is 5.02 Å². The quantitative estimate of drug-likeness (QED) is 0.381. The summed E-state index contributed by atoms with van der Waals surface area (Å²) >= 11 is 9.43. The zero-order chi connectivity index (χ0) is 14.5. The lowest BCUT2D eigenvalue weighted by atomic mass is 10.2. The van der Waals surface area contributed by atoms with Gasteiger partial charge in [0.05, 0.1) is 5.02 Å². The SMILES string of the molecule is N/C(=N/O)c1ccc(OCc2cncc(Br)c2)c(Cl)c1. The second-order valence-electron chi connectivity index (χ2n) is 3.93. The Morgan fingerprint density at radius 2 is 2.20 bits per heavy atom. The molecule has 0 fully saturated rings. The van der Waals surface area contributed by atoms with Crippen LogP contribution in [0.1, 0.15) is 11.1 Å². The lowest BCUT2D eigenvalue weighted by Crippen LogP contribution is -2.12. The van der Waals surface area contributed by atoms with Crippen molar-refractivity contribution in [2.75, 3.05) is 0 Å². The monoisotopic (exact) mass is 355 g/mol. The standard InChI is InChI=1S/C13H11BrClN3O2/c14-10-3-8(5-17-6-10)7-20-12-2-1-9(4-11(12)15)13(16)18-19/h1-6,19H,7H2,(H2,16,18). The lowest BCUT2D eigenvalue weighted by Gasteiger charge is -2.09. The van der Waals surface area contributed by atoms with Gasteiger partial charge in [0.2, 0.25) is 0 Å². The summed E-state index contributed by atoms with van der Waals surface area (Å²) in [6, 6.07) is 6.81. The number of hydrogen-bond donors (Lipinski definition) is 2. The Balaban J connectivity index is 2.11. The second kappa shape index (κ2) is 6.58. The molecule has 0 bridgehead atoms. The van der Waals surface area contributed by atoms with Gasteiger partial charge in [-0.3, -0.25) is 4.98 Å². The molecule has 0 radical (unpaired) electrons. The molecule has 1 aromatic carbocycles.